The highest BCUT2D eigenvalue weighted by Crippen LogP contribution is 2.31. The van der Waals surface area contributed by atoms with Crippen LogP contribution in [0, 0.1) is 0 Å². The number of carbonyl (C=O) groups is 3. The zero-order valence-corrected chi connectivity index (χ0v) is 19.9. The average Bonchev–Trinajstić information content (AvgIpc) is 3.43. The number of hydrogen-bond acceptors (Lipinski definition) is 7. The van der Waals surface area contributed by atoms with Crippen LogP contribution < -0.4 is 4.90 Å². The first-order chi connectivity index (χ1) is 15.0. The molecule has 1 aliphatic heterocycles. The average molecular weight is 498 g/mol. The Morgan fingerprint density at radius 2 is 1.84 bits per heavy atom. The topological polar surface area (TPSA) is 115 Å². The van der Waals surface area contributed by atoms with Crippen LogP contribution in [0.25, 0.3) is 0 Å². The van der Waals surface area contributed by atoms with Gasteiger partial charge in [0.05, 0.1) is 12.1 Å². The van der Waals surface area contributed by atoms with Crippen molar-refractivity contribution < 1.29 is 27.9 Å². The number of amides is 2. The van der Waals surface area contributed by atoms with Crippen LogP contribution in [0.5, 0.6) is 0 Å². The van der Waals surface area contributed by atoms with E-state index in [0.717, 1.165) is 15.6 Å². The molecular formula is C20H23N3O6S3. The molecule has 3 rings (SSSR count). The molecule has 2 amide bonds. The Bertz CT molecular complexity index is 1100. The summed E-state index contributed by atoms with van der Waals surface area (Å²) in [4.78, 5) is 39.3. The van der Waals surface area contributed by atoms with Crippen molar-refractivity contribution >= 4 is 57.5 Å². The molecule has 1 N–H and O–H groups in total. The lowest BCUT2D eigenvalue weighted by Crippen LogP contribution is -2.49. The van der Waals surface area contributed by atoms with Crippen molar-refractivity contribution in [2.24, 2.45) is 0 Å². The van der Waals surface area contributed by atoms with Gasteiger partial charge in [-0.2, -0.15) is 16.9 Å². The van der Waals surface area contributed by atoms with Gasteiger partial charge in [0.1, 0.15) is 10.3 Å². The van der Waals surface area contributed by atoms with Gasteiger partial charge < -0.3 is 14.9 Å². The van der Waals surface area contributed by atoms with Crippen molar-refractivity contribution in [3.63, 3.8) is 0 Å². The maximum Gasteiger partial charge on any atom is 0.335 e. The number of rotatable bonds is 7. The van der Waals surface area contributed by atoms with E-state index >= 15 is 0 Å². The zero-order chi connectivity index (χ0) is 23.6. The monoisotopic (exact) mass is 497 g/mol. The molecule has 1 aliphatic rings. The van der Waals surface area contributed by atoms with Crippen LogP contribution in [0.15, 0.2) is 46.0 Å². The SMILES string of the molecule is CN(CC(=O)N(C)c1ccc(C(=O)O)cc1)C(=O)[C@@H]1C[C@@H](S)CN1S(=O)(=O)c1cccs1. The lowest BCUT2D eigenvalue weighted by atomic mass is 10.2. The van der Waals surface area contributed by atoms with Crippen molar-refractivity contribution in [3.05, 3.63) is 47.3 Å². The summed E-state index contributed by atoms with van der Waals surface area (Å²) in [6.07, 6.45) is 0.248. The second-order valence-corrected chi connectivity index (χ2v) is 11.2. The van der Waals surface area contributed by atoms with Crippen molar-refractivity contribution in [2.45, 2.75) is 21.9 Å². The van der Waals surface area contributed by atoms with Gasteiger partial charge in [-0.1, -0.05) is 6.07 Å². The highest BCUT2D eigenvalue weighted by atomic mass is 32.2. The second kappa shape index (κ2) is 9.61. The number of hydrogen-bond donors (Lipinski definition) is 2. The minimum Gasteiger partial charge on any atom is -0.478 e. The van der Waals surface area contributed by atoms with Crippen LogP contribution >= 0.6 is 24.0 Å². The molecule has 1 aromatic carbocycles. The minimum absolute atomic E-state index is 0.0940. The van der Waals surface area contributed by atoms with E-state index in [4.69, 9.17) is 5.11 Å². The van der Waals surface area contributed by atoms with Crippen LogP contribution in [0.1, 0.15) is 16.8 Å². The number of aromatic carboxylic acids is 1. The Balaban J connectivity index is 1.71. The van der Waals surface area contributed by atoms with Gasteiger partial charge in [0.25, 0.3) is 10.0 Å². The predicted molar refractivity (Wildman–Crippen MR) is 124 cm³/mol. The molecule has 12 heteroatoms. The number of carboxylic acid groups (broad SMARTS) is 1. The third-order valence-electron chi connectivity index (χ3n) is 5.20. The second-order valence-electron chi connectivity index (χ2n) is 7.41. The fourth-order valence-electron chi connectivity index (χ4n) is 3.41. The first-order valence-electron chi connectivity index (χ1n) is 9.60. The van der Waals surface area contributed by atoms with Crippen molar-refractivity contribution in [3.8, 4) is 0 Å². The summed E-state index contributed by atoms with van der Waals surface area (Å²) < 4.78 is 27.3. The number of sulfonamides is 1. The lowest BCUT2D eigenvalue weighted by Gasteiger charge is -2.28. The van der Waals surface area contributed by atoms with E-state index in [1.807, 2.05) is 0 Å². The molecule has 1 fully saturated rings. The summed E-state index contributed by atoms with van der Waals surface area (Å²) in [5.41, 5.74) is 0.565. The van der Waals surface area contributed by atoms with Gasteiger partial charge in [-0.15, -0.1) is 11.3 Å². The summed E-state index contributed by atoms with van der Waals surface area (Å²) in [7, 11) is -0.878. The minimum atomic E-state index is -3.84. The molecular weight excluding hydrogens is 474 g/mol. The number of carbonyl (C=O) groups excluding carboxylic acids is 2. The molecule has 1 aromatic heterocycles. The molecule has 0 radical (unpaired) electrons. The Morgan fingerprint density at radius 3 is 2.41 bits per heavy atom. The summed E-state index contributed by atoms with van der Waals surface area (Å²) in [5.74, 6) is -1.96. The number of thiol groups is 1. The quantitative estimate of drug-likeness (QED) is 0.562. The molecule has 0 bridgehead atoms. The van der Waals surface area contributed by atoms with Gasteiger partial charge >= 0.3 is 5.97 Å². The Labute approximate surface area is 195 Å². The van der Waals surface area contributed by atoms with Crippen molar-refractivity contribution in [1.29, 1.82) is 0 Å². The van der Waals surface area contributed by atoms with E-state index in [-0.39, 0.29) is 34.5 Å². The van der Waals surface area contributed by atoms with Crippen LogP contribution in [0.2, 0.25) is 0 Å². The van der Waals surface area contributed by atoms with Crippen molar-refractivity contribution in [2.75, 3.05) is 32.1 Å². The molecule has 172 valence electrons. The summed E-state index contributed by atoms with van der Waals surface area (Å²) in [6.45, 7) is -0.159. The fourth-order valence-corrected chi connectivity index (χ4v) is 6.66. The molecule has 0 spiro atoms. The maximum atomic E-state index is 13.1. The smallest absolute Gasteiger partial charge is 0.335 e. The highest BCUT2D eigenvalue weighted by molar-refractivity contribution is 7.91. The standard InChI is InChI=1S/C20H23N3O6S3/c1-21(12-17(24)22(2)14-7-5-13(6-8-14)20(26)27)19(25)16-10-15(30)11-23(16)32(28,29)18-4-3-9-31-18/h3-9,15-16,30H,10-12H2,1-2H3,(H,26,27)/t15-,16+/m1/s1. The Hall–Kier alpha value is -2.41. The van der Waals surface area contributed by atoms with Gasteiger partial charge in [-0.3, -0.25) is 9.59 Å². The fraction of sp³-hybridized carbons (Fsp3) is 0.350. The van der Waals surface area contributed by atoms with Crippen molar-refractivity contribution in [1.82, 2.24) is 9.21 Å². The maximum absolute atomic E-state index is 13.1. The number of thiophene rings is 1. The molecule has 0 unspecified atom stereocenters. The molecule has 9 nitrogen and oxygen atoms in total. The van der Waals surface area contributed by atoms with E-state index in [1.54, 1.807) is 11.4 Å². The molecule has 2 heterocycles. The first kappa shape index (κ1) is 24.2. The number of carboxylic acids is 1. The molecule has 2 atom stereocenters. The molecule has 1 saturated heterocycles. The van der Waals surface area contributed by atoms with E-state index in [1.165, 1.54) is 54.2 Å². The molecule has 2 aromatic rings. The third-order valence-corrected chi connectivity index (χ3v) is 8.82. The van der Waals surface area contributed by atoms with Gasteiger partial charge in [-0.25, -0.2) is 13.2 Å². The van der Waals surface area contributed by atoms with Crippen LogP contribution in [-0.4, -0.2) is 79.0 Å². The van der Waals surface area contributed by atoms with E-state index in [0.29, 0.717) is 5.69 Å². The lowest BCUT2D eigenvalue weighted by molar-refractivity contribution is -0.136. The van der Waals surface area contributed by atoms with Gasteiger partial charge in [0, 0.05) is 31.6 Å². The van der Waals surface area contributed by atoms with Crippen LogP contribution in [0.3, 0.4) is 0 Å². The number of benzene rings is 1. The van der Waals surface area contributed by atoms with Crippen LogP contribution in [-0.2, 0) is 19.6 Å². The number of nitrogens with zero attached hydrogens (tertiary/aromatic N) is 3. The van der Waals surface area contributed by atoms with Gasteiger partial charge in [0.2, 0.25) is 11.8 Å². The van der Waals surface area contributed by atoms with E-state index in [9.17, 15) is 22.8 Å². The molecule has 0 aliphatic carbocycles. The summed E-state index contributed by atoms with van der Waals surface area (Å²) in [6, 6.07) is 7.95. The normalized spacial score (nSPS) is 19.0. The van der Waals surface area contributed by atoms with Crippen LogP contribution in [0.4, 0.5) is 5.69 Å². The highest BCUT2D eigenvalue weighted by Gasteiger charge is 2.44. The van der Waals surface area contributed by atoms with E-state index in [2.05, 4.69) is 12.6 Å². The van der Waals surface area contributed by atoms with Gasteiger partial charge in [-0.05, 0) is 42.1 Å². The summed E-state index contributed by atoms with van der Waals surface area (Å²) in [5, 5.41) is 10.3. The predicted octanol–water partition coefficient (Wildman–Crippen LogP) is 1.63. The molecule has 32 heavy (non-hydrogen) atoms. The summed E-state index contributed by atoms with van der Waals surface area (Å²) >= 11 is 5.46. The third kappa shape index (κ3) is 4.98. The molecule has 0 saturated carbocycles. The first-order valence-corrected chi connectivity index (χ1v) is 12.4. The van der Waals surface area contributed by atoms with E-state index < -0.39 is 33.8 Å². The Morgan fingerprint density at radius 1 is 1.19 bits per heavy atom. The zero-order valence-electron chi connectivity index (χ0n) is 17.4. The van der Waals surface area contributed by atoms with Gasteiger partial charge in [0.15, 0.2) is 0 Å². The largest absolute Gasteiger partial charge is 0.478 e. The Kier molecular flexibility index (Phi) is 7.28. The number of anilines is 1. The number of likely N-dealkylation sites (N-methyl/N-ethyl adjacent to an activating group) is 2.